The summed E-state index contributed by atoms with van der Waals surface area (Å²) in [7, 11) is 0. The Bertz CT molecular complexity index is 785. The first-order valence-corrected chi connectivity index (χ1v) is 9.51. The van der Waals surface area contributed by atoms with E-state index in [4.69, 9.17) is 9.15 Å². The number of ketones is 1. The van der Waals surface area contributed by atoms with Crippen molar-refractivity contribution in [3.63, 3.8) is 0 Å². The Kier molecular flexibility index (Phi) is 5.78. The number of carbonyl (C=O) groups is 3. The van der Waals surface area contributed by atoms with Crippen molar-refractivity contribution in [3.8, 4) is 0 Å². The van der Waals surface area contributed by atoms with E-state index in [1.165, 1.54) is 11.2 Å². The van der Waals surface area contributed by atoms with Crippen molar-refractivity contribution >= 4 is 29.4 Å². The average molecular weight is 373 g/mol. The molecule has 1 aliphatic rings. The van der Waals surface area contributed by atoms with Gasteiger partial charge in [-0.05, 0) is 43.4 Å². The number of likely N-dealkylation sites (tertiary alicyclic amines) is 1. The number of hydrogen-bond acceptors (Lipinski definition) is 6. The minimum atomic E-state index is -0.681. The Morgan fingerprint density at radius 2 is 2.00 bits per heavy atom. The summed E-state index contributed by atoms with van der Waals surface area (Å²) in [4.78, 5) is 39.4. The Morgan fingerprint density at radius 1 is 1.23 bits per heavy atom. The maximum Gasteiger partial charge on any atom is 0.329 e. The molecule has 0 bridgehead atoms. The summed E-state index contributed by atoms with van der Waals surface area (Å²) in [5, 5.41) is 0. The number of Topliss-reactive ketones (excluding diaryl/α,β-unsaturated/α-hetero) is 1. The largest absolute Gasteiger partial charge is 0.459 e. The van der Waals surface area contributed by atoms with Crippen LogP contribution in [0.1, 0.15) is 33.8 Å². The Labute approximate surface area is 155 Å². The summed E-state index contributed by atoms with van der Waals surface area (Å²) >= 11 is 1.58. The zero-order valence-corrected chi connectivity index (χ0v) is 15.2. The molecule has 0 radical (unpaired) electrons. The molecule has 1 aliphatic heterocycles. The molecular weight excluding hydrogens is 354 g/mol. The third kappa shape index (κ3) is 3.99. The van der Waals surface area contributed by atoms with Crippen molar-refractivity contribution < 1.29 is 23.5 Å². The van der Waals surface area contributed by atoms with Gasteiger partial charge in [-0.3, -0.25) is 9.59 Å². The first kappa shape index (κ1) is 18.3. The maximum absolute atomic E-state index is 12.4. The van der Waals surface area contributed by atoms with E-state index in [-0.39, 0.29) is 24.1 Å². The van der Waals surface area contributed by atoms with Gasteiger partial charge in [0.05, 0.1) is 6.26 Å². The molecule has 1 aromatic carbocycles. The second-order valence-corrected chi connectivity index (χ2v) is 6.77. The fraction of sp³-hybridized carbons (Fsp3) is 0.316. The topological polar surface area (TPSA) is 76.8 Å². The summed E-state index contributed by atoms with van der Waals surface area (Å²) in [6, 6.07) is 9.62. The van der Waals surface area contributed by atoms with E-state index in [9.17, 15) is 14.4 Å². The predicted octanol–water partition coefficient (Wildman–Crippen LogP) is 3.03. The van der Waals surface area contributed by atoms with Gasteiger partial charge in [0.2, 0.25) is 0 Å². The van der Waals surface area contributed by atoms with Crippen LogP contribution in [0.2, 0.25) is 0 Å². The van der Waals surface area contributed by atoms with Crippen LogP contribution in [0.5, 0.6) is 0 Å². The quantitative estimate of drug-likeness (QED) is 0.440. The lowest BCUT2D eigenvalue weighted by Crippen LogP contribution is -2.41. The smallest absolute Gasteiger partial charge is 0.329 e. The van der Waals surface area contributed by atoms with E-state index >= 15 is 0 Å². The number of amides is 1. The summed E-state index contributed by atoms with van der Waals surface area (Å²) in [6.07, 6.45) is 4.59. The molecule has 1 saturated heterocycles. The highest BCUT2D eigenvalue weighted by atomic mass is 32.2. The maximum atomic E-state index is 12.4. The molecule has 0 spiro atoms. The van der Waals surface area contributed by atoms with Gasteiger partial charge in [-0.15, -0.1) is 11.8 Å². The Balaban J connectivity index is 1.58. The molecular formula is C19H19NO5S. The molecule has 0 aliphatic carbocycles. The van der Waals surface area contributed by atoms with Crippen molar-refractivity contribution in [3.05, 3.63) is 54.0 Å². The molecule has 136 valence electrons. The number of nitrogens with zero attached hydrogens (tertiary/aromatic N) is 1. The molecule has 7 heteroatoms. The van der Waals surface area contributed by atoms with Gasteiger partial charge in [0.15, 0.2) is 18.2 Å². The van der Waals surface area contributed by atoms with Crippen LogP contribution >= 0.6 is 11.8 Å². The van der Waals surface area contributed by atoms with Crippen LogP contribution in [0.3, 0.4) is 0 Å². The standard InChI is InChI=1S/C19H19NO5S/c1-26-14-8-6-13(7-9-14)16(21)12-25-19(23)15-4-2-10-20(15)18(22)17-5-3-11-24-17/h3,5-9,11,15H,2,4,10,12H2,1H3. The van der Waals surface area contributed by atoms with Crippen molar-refractivity contribution in [1.82, 2.24) is 4.90 Å². The van der Waals surface area contributed by atoms with Crippen molar-refractivity contribution in [2.75, 3.05) is 19.4 Å². The van der Waals surface area contributed by atoms with Gasteiger partial charge in [0.25, 0.3) is 5.91 Å². The van der Waals surface area contributed by atoms with Gasteiger partial charge in [0, 0.05) is 17.0 Å². The van der Waals surface area contributed by atoms with E-state index in [1.807, 2.05) is 18.4 Å². The third-order valence-electron chi connectivity index (χ3n) is 4.28. The molecule has 1 unspecified atom stereocenters. The van der Waals surface area contributed by atoms with Crippen molar-refractivity contribution in [1.29, 1.82) is 0 Å². The fourth-order valence-electron chi connectivity index (χ4n) is 2.89. The second kappa shape index (κ2) is 8.23. The van der Waals surface area contributed by atoms with Gasteiger partial charge in [0.1, 0.15) is 6.04 Å². The number of rotatable bonds is 6. The predicted molar refractivity (Wildman–Crippen MR) is 96.3 cm³/mol. The SMILES string of the molecule is CSc1ccc(C(=O)COC(=O)C2CCCN2C(=O)c2ccco2)cc1. The zero-order valence-electron chi connectivity index (χ0n) is 14.3. The van der Waals surface area contributed by atoms with Gasteiger partial charge < -0.3 is 14.1 Å². The Morgan fingerprint density at radius 3 is 2.65 bits per heavy atom. The lowest BCUT2D eigenvalue weighted by atomic mass is 10.1. The van der Waals surface area contributed by atoms with Crippen LogP contribution in [0.15, 0.2) is 52.0 Å². The molecule has 2 heterocycles. The minimum Gasteiger partial charge on any atom is -0.459 e. The van der Waals surface area contributed by atoms with Gasteiger partial charge in [-0.1, -0.05) is 12.1 Å². The summed E-state index contributed by atoms with van der Waals surface area (Å²) in [5.41, 5.74) is 0.491. The van der Waals surface area contributed by atoms with E-state index in [0.717, 1.165) is 4.90 Å². The van der Waals surface area contributed by atoms with Crippen LogP contribution in [0.25, 0.3) is 0 Å². The molecule has 3 rings (SSSR count). The average Bonchev–Trinajstić information content (AvgIpc) is 3.37. The van der Waals surface area contributed by atoms with Crippen LogP contribution in [-0.2, 0) is 9.53 Å². The van der Waals surface area contributed by atoms with Crippen LogP contribution < -0.4 is 0 Å². The van der Waals surface area contributed by atoms with Gasteiger partial charge >= 0.3 is 5.97 Å². The number of ether oxygens (including phenoxy) is 1. The normalized spacial score (nSPS) is 16.5. The monoisotopic (exact) mass is 373 g/mol. The minimum absolute atomic E-state index is 0.190. The van der Waals surface area contributed by atoms with E-state index in [2.05, 4.69) is 0 Å². The van der Waals surface area contributed by atoms with Crippen LogP contribution in [-0.4, -0.2) is 48.0 Å². The Hall–Kier alpha value is -2.54. The van der Waals surface area contributed by atoms with E-state index in [1.54, 1.807) is 36.0 Å². The van der Waals surface area contributed by atoms with Crippen molar-refractivity contribution in [2.45, 2.75) is 23.8 Å². The highest BCUT2D eigenvalue weighted by Crippen LogP contribution is 2.22. The lowest BCUT2D eigenvalue weighted by Gasteiger charge is -2.22. The fourth-order valence-corrected chi connectivity index (χ4v) is 3.30. The zero-order chi connectivity index (χ0) is 18.5. The molecule has 6 nitrogen and oxygen atoms in total. The molecule has 26 heavy (non-hydrogen) atoms. The molecule has 2 aromatic rings. The van der Waals surface area contributed by atoms with E-state index in [0.29, 0.717) is 24.9 Å². The van der Waals surface area contributed by atoms with Gasteiger partial charge in [-0.25, -0.2) is 4.79 Å². The number of benzene rings is 1. The first-order valence-electron chi connectivity index (χ1n) is 8.28. The second-order valence-electron chi connectivity index (χ2n) is 5.89. The van der Waals surface area contributed by atoms with Crippen molar-refractivity contribution in [2.24, 2.45) is 0 Å². The summed E-state index contributed by atoms with van der Waals surface area (Å²) < 4.78 is 10.3. The molecule has 1 fully saturated rings. The first-order chi connectivity index (χ1) is 12.6. The number of thioether (sulfide) groups is 1. The van der Waals surface area contributed by atoms with Crippen LogP contribution in [0.4, 0.5) is 0 Å². The molecule has 1 aromatic heterocycles. The molecule has 1 amide bonds. The third-order valence-corrected chi connectivity index (χ3v) is 5.02. The number of carbonyl (C=O) groups excluding carboxylic acids is 3. The lowest BCUT2D eigenvalue weighted by molar-refractivity contribution is -0.147. The number of hydrogen-bond donors (Lipinski definition) is 0. The number of esters is 1. The highest BCUT2D eigenvalue weighted by Gasteiger charge is 2.36. The summed E-state index contributed by atoms with van der Waals surface area (Å²) in [6.45, 7) is 0.125. The summed E-state index contributed by atoms with van der Waals surface area (Å²) in [5.74, 6) is -0.979. The molecule has 1 atom stereocenters. The molecule has 0 saturated carbocycles. The van der Waals surface area contributed by atoms with E-state index < -0.39 is 12.0 Å². The molecule has 0 N–H and O–H groups in total. The number of furan rings is 1. The van der Waals surface area contributed by atoms with Crippen LogP contribution in [0, 0.1) is 0 Å². The highest BCUT2D eigenvalue weighted by molar-refractivity contribution is 7.98. The van der Waals surface area contributed by atoms with Gasteiger partial charge in [-0.2, -0.15) is 0 Å².